The normalized spacial score (nSPS) is 12.2. The van der Waals surface area contributed by atoms with E-state index < -0.39 is 12.1 Å². The Labute approximate surface area is 210 Å². The number of hydrogen-bond acceptors (Lipinski definition) is 4. The van der Waals surface area contributed by atoms with Crippen LogP contribution in [0.1, 0.15) is 43.9 Å². The Hall–Kier alpha value is -4.58. The van der Waals surface area contributed by atoms with Crippen molar-refractivity contribution < 1.29 is 19.1 Å². The van der Waals surface area contributed by atoms with Gasteiger partial charge in [-0.15, -0.1) is 0 Å². The molecule has 6 heteroatoms. The van der Waals surface area contributed by atoms with Crippen LogP contribution < -0.4 is 20.1 Å². The summed E-state index contributed by atoms with van der Waals surface area (Å²) >= 11 is 0. The molecule has 0 fully saturated rings. The molecule has 4 rings (SSSR count). The van der Waals surface area contributed by atoms with Crippen molar-refractivity contribution in [3.8, 4) is 11.5 Å². The molecular formula is C30H28N2O4. The van der Waals surface area contributed by atoms with Gasteiger partial charge in [-0.05, 0) is 59.7 Å². The summed E-state index contributed by atoms with van der Waals surface area (Å²) in [5.41, 5.74) is 2.68. The van der Waals surface area contributed by atoms with Crippen molar-refractivity contribution in [3.63, 3.8) is 0 Å². The SMILES string of the molecule is COc1ccc(C(NC(=O)c2ccccc2)C(NC(=O)c2ccccc2)c2ccc(OC)cc2)cc1. The largest absolute Gasteiger partial charge is 0.497 e. The van der Waals surface area contributed by atoms with Gasteiger partial charge in [-0.3, -0.25) is 9.59 Å². The zero-order valence-corrected chi connectivity index (χ0v) is 20.2. The van der Waals surface area contributed by atoms with Crippen molar-refractivity contribution in [2.45, 2.75) is 12.1 Å². The fourth-order valence-electron chi connectivity index (χ4n) is 3.97. The number of carbonyl (C=O) groups excluding carboxylic acids is 2. The standard InChI is InChI=1S/C30H28N2O4/c1-35-25-17-13-21(14-18-25)27(31-29(33)23-9-5-3-6-10-23)28(22-15-19-26(36-2)20-16-22)32-30(34)24-11-7-4-8-12-24/h3-20,27-28H,1-2H3,(H,31,33)(H,32,34). The minimum absolute atomic E-state index is 0.246. The molecule has 4 aromatic carbocycles. The molecule has 0 aliphatic rings. The van der Waals surface area contributed by atoms with Crippen LogP contribution in [-0.4, -0.2) is 26.0 Å². The molecule has 6 nitrogen and oxygen atoms in total. The van der Waals surface area contributed by atoms with Crippen molar-refractivity contribution in [1.29, 1.82) is 0 Å². The number of nitrogens with one attached hydrogen (secondary N) is 2. The summed E-state index contributed by atoms with van der Waals surface area (Å²) in [4.78, 5) is 26.5. The van der Waals surface area contributed by atoms with E-state index in [4.69, 9.17) is 9.47 Å². The first-order valence-corrected chi connectivity index (χ1v) is 11.6. The molecule has 0 aliphatic heterocycles. The van der Waals surface area contributed by atoms with Crippen LogP contribution in [0.15, 0.2) is 109 Å². The number of methoxy groups -OCH3 is 2. The van der Waals surface area contributed by atoms with E-state index in [0.29, 0.717) is 22.6 Å². The lowest BCUT2D eigenvalue weighted by atomic mass is 9.92. The Kier molecular flexibility index (Phi) is 7.98. The van der Waals surface area contributed by atoms with Crippen LogP contribution in [0, 0.1) is 0 Å². The Balaban J connectivity index is 1.76. The maximum atomic E-state index is 13.3. The maximum absolute atomic E-state index is 13.3. The minimum atomic E-state index is -0.579. The molecule has 4 aromatic rings. The van der Waals surface area contributed by atoms with Crippen LogP contribution in [0.4, 0.5) is 0 Å². The molecule has 2 amide bonds. The van der Waals surface area contributed by atoms with Gasteiger partial charge in [-0.2, -0.15) is 0 Å². The lowest BCUT2D eigenvalue weighted by Gasteiger charge is -2.30. The van der Waals surface area contributed by atoms with Crippen LogP contribution >= 0.6 is 0 Å². The molecule has 36 heavy (non-hydrogen) atoms. The van der Waals surface area contributed by atoms with E-state index in [1.165, 1.54) is 0 Å². The van der Waals surface area contributed by atoms with Crippen LogP contribution in [0.25, 0.3) is 0 Å². The molecule has 2 atom stereocenters. The zero-order chi connectivity index (χ0) is 25.3. The van der Waals surface area contributed by atoms with Crippen LogP contribution in [0.2, 0.25) is 0 Å². The molecule has 0 heterocycles. The van der Waals surface area contributed by atoms with Crippen molar-refractivity contribution in [2.75, 3.05) is 14.2 Å². The number of amides is 2. The number of ether oxygens (including phenoxy) is 2. The monoisotopic (exact) mass is 480 g/mol. The third-order valence-electron chi connectivity index (χ3n) is 5.93. The summed E-state index contributed by atoms with van der Waals surface area (Å²) in [6, 6.07) is 31.7. The predicted octanol–water partition coefficient (Wildman–Crippen LogP) is 5.35. The summed E-state index contributed by atoms with van der Waals surface area (Å²) in [5, 5.41) is 6.29. The van der Waals surface area contributed by atoms with Crippen LogP contribution in [0.3, 0.4) is 0 Å². The number of rotatable bonds is 9. The molecule has 0 bridgehead atoms. The Morgan fingerprint density at radius 2 is 0.861 bits per heavy atom. The quantitative estimate of drug-likeness (QED) is 0.339. The van der Waals surface area contributed by atoms with Gasteiger partial charge >= 0.3 is 0 Å². The van der Waals surface area contributed by atoms with Crippen molar-refractivity contribution >= 4 is 11.8 Å². The first kappa shape index (κ1) is 24.5. The van der Waals surface area contributed by atoms with E-state index in [0.717, 1.165) is 11.1 Å². The van der Waals surface area contributed by atoms with Gasteiger partial charge in [0.25, 0.3) is 11.8 Å². The highest BCUT2D eigenvalue weighted by Crippen LogP contribution is 2.32. The van der Waals surface area contributed by atoms with Crippen molar-refractivity contribution in [1.82, 2.24) is 10.6 Å². The molecule has 2 N–H and O–H groups in total. The minimum Gasteiger partial charge on any atom is -0.497 e. The lowest BCUT2D eigenvalue weighted by Crippen LogP contribution is -2.40. The van der Waals surface area contributed by atoms with E-state index in [9.17, 15) is 9.59 Å². The topological polar surface area (TPSA) is 76.7 Å². The highest BCUT2D eigenvalue weighted by Gasteiger charge is 2.29. The van der Waals surface area contributed by atoms with E-state index >= 15 is 0 Å². The average molecular weight is 481 g/mol. The van der Waals surface area contributed by atoms with Gasteiger partial charge in [-0.1, -0.05) is 60.7 Å². The molecule has 0 saturated carbocycles. The fourth-order valence-corrected chi connectivity index (χ4v) is 3.97. The third kappa shape index (κ3) is 5.91. The Morgan fingerprint density at radius 3 is 1.17 bits per heavy atom. The second-order valence-corrected chi connectivity index (χ2v) is 8.18. The molecular weight excluding hydrogens is 452 g/mol. The summed E-state index contributed by atoms with van der Waals surface area (Å²) in [6.07, 6.45) is 0. The summed E-state index contributed by atoms with van der Waals surface area (Å²) < 4.78 is 10.6. The lowest BCUT2D eigenvalue weighted by molar-refractivity contribution is 0.0881. The molecule has 0 spiro atoms. The summed E-state index contributed by atoms with van der Waals surface area (Å²) in [5.74, 6) is 0.898. The molecule has 2 unspecified atom stereocenters. The smallest absolute Gasteiger partial charge is 0.251 e. The van der Waals surface area contributed by atoms with E-state index in [-0.39, 0.29) is 11.8 Å². The molecule has 0 saturated heterocycles. The van der Waals surface area contributed by atoms with E-state index in [1.54, 1.807) is 38.5 Å². The summed E-state index contributed by atoms with van der Waals surface area (Å²) in [7, 11) is 3.20. The van der Waals surface area contributed by atoms with E-state index in [2.05, 4.69) is 10.6 Å². The second kappa shape index (κ2) is 11.7. The van der Waals surface area contributed by atoms with Crippen molar-refractivity contribution in [3.05, 3.63) is 131 Å². The highest BCUT2D eigenvalue weighted by atomic mass is 16.5. The Morgan fingerprint density at radius 1 is 0.528 bits per heavy atom. The highest BCUT2D eigenvalue weighted by molar-refractivity contribution is 5.95. The van der Waals surface area contributed by atoms with Gasteiger partial charge in [-0.25, -0.2) is 0 Å². The Bertz CT molecular complexity index is 1170. The molecule has 182 valence electrons. The van der Waals surface area contributed by atoms with Crippen LogP contribution in [-0.2, 0) is 0 Å². The number of benzene rings is 4. The second-order valence-electron chi connectivity index (χ2n) is 8.18. The predicted molar refractivity (Wildman–Crippen MR) is 139 cm³/mol. The van der Waals surface area contributed by atoms with Gasteiger partial charge < -0.3 is 20.1 Å². The molecule has 0 aliphatic carbocycles. The molecule has 0 radical (unpaired) electrons. The van der Waals surface area contributed by atoms with Gasteiger partial charge in [0.05, 0.1) is 26.3 Å². The van der Waals surface area contributed by atoms with E-state index in [1.807, 2.05) is 84.9 Å². The van der Waals surface area contributed by atoms with Crippen molar-refractivity contribution in [2.24, 2.45) is 0 Å². The zero-order valence-electron chi connectivity index (χ0n) is 20.2. The number of hydrogen-bond donors (Lipinski definition) is 2. The average Bonchev–Trinajstić information content (AvgIpc) is 2.95. The maximum Gasteiger partial charge on any atom is 0.251 e. The molecule has 0 aromatic heterocycles. The third-order valence-corrected chi connectivity index (χ3v) is 5.93. The van der Waals surface area contributed by atoms with Gasteiger partial charge in [0.15, 0.2) is 0 Å². The van der Waals surface area contributed by atoms with Gasteiger partial charge in [0, 0.05) is 11.1 Å². The van der Waals surface area contributed by atoms with Gasteiger partial charge in [0.1, 0.15) is 11.5 Å². The number of carbonyl (C=O) groups is 2. The fraction of sp³-hybridized carbons (Fsp3) is 0.133. The first-order chi connectivity index (χ1) is 17.6. The van der Waals surface area contributed by atoms with Gasteiger partial charge in [0.2, 0.25) is 0 Å². The first-order valence-electron chi connectivity index (χ1n) is 11.6. The van der Waals surface area contributed by atoms with Crippen LogP contribution in [0.5, 0.6) is 11.5 Å². The summed E-state index contributed by atoms with van der Waals surface area (Å²) in [6.45, 7) is 0.